The second kappa shape index (κ2) is 3.42. The molecule has 2 rings (SSSR count). The molecule has 15 heavy (non-hydrogen) atoms. The number of carbonyl (C=O) groups is 1. The van der Waals surface area contributed by atoms with Crippen molar-refractivity contribution < 1.29 is 4.79 Å². The molecule has 0 unspecified atom stereocenters. The minimum Gasteiger partial charge on any atom is -0.293 e. The Labute approximate surface area is 88.2 Å². The molecular weight excluding hydrogens is 188 g/mol. The Morgan fingerprint density at radius 2 is 1.87 bits per heavy atom. The molecule has 0 saturated carbocycles. The van der Waals surface area contributed by atoms with Gasteiger partial charge in [-0.05, 0) is 31.5 Å². The average molecular weight is 200 g/mol. The van der Waals surface area contributed by atoms with E-state index < -0.39 is 0 Å². The zero-order valence-electron chi connectivity index (χ0n) is 9.03. The second-order valence-electron chi connectivity index (χ2n) is 3.71. The predicted molar refractivity (Wildman–Crippen MR) is 59.0 cm³/mol. The number of nitrogens with zero attached hydrogens (tertiary/aromatic N) is 2. The van der Waals surface area contributed by atoms with E-state index in [0.29, 0.717) is 11.4 Å². The zero-order valence-corrected chi connectivity index (χ0v) is 9.03. The van der Waals surface area contributed by atoms with Crippen molar-refractivity contribution in [1.29, 1.82) is 0 Å². The maximum Gasteiger partial charge on any atom is 0.179 e. The lowest BCUT2D eigenvalue weighted by Crippen LogP contribution is -2.03. The lowest BCUT2D eigenvalue weighted by molar-refractivity contribution is 0.101. The maximum absolute atomic E-state index is 11.3. The molecule has 1 aromatic carbocycles. The van der Waals surface area contributed by atoms with E-state index in [0.717, 1.165) is 16.6 Å². The number of hydrogen-bond donors (Lipinski definition) is 0. The molecule has 2 aromatic rings. The monoisotopic (exact) mass is 200 g/mol. The van der Waals surface area contributed by atoms with Crippen molar-refractivity contribution in [2.45, 2.75) is 20.8 Å². The van der Waals surface area contributed by atoms with Crippen LogP contribution in [0.1, 0.15) is 28.7 Å². The van der Waals surface area contributed by atoms with Crippen molar-refractivity contribution in [3.05, 3.63) is 35.2 Å². The number of benzene rings is 1. The average Bonchev–Trinajstić information content (AvgIpc) is 2.17. The highest BCUT2D eigenvalue weighted by Gasteiger charge is 2.08. The number of aromatic nitrogens is 2. The van der Waals surface area contributed by atoms with Gasteiger partial charge in [-0.25, -0.2) is 9.97 Å². The SMILES string of the molecule is CC(=O)c1nc2cc(C)ccc2nc1C. The van der Waals surface area contributed by atoms with Gasteiger partial charge in [-0.2, -0.15) is 0 Å². The van der Waals surface area contributed by atoms with Gasteiger partial charge in [0.2, 0.25) is 0 Å². The van der Waals surface area contributed by atoms with Crippen LogP contribution in [0.4, 0.5) is 0 Å². The third-order valence-corrected chi connectivity index (χ3v) is 2.33. The van der Waals surface area contributed by atoms with Crippen molar-refractivity contribution in [1.82, 2.24) is 9.97 Å². The van der Waals surface area contributed by atoms with E-state index in [-0.39, 0.29) is 5.78 Å². The van der Waals surface area contributed by atoms with E-state index >= 15 is 0 Å². The Hall–Kier alpha value is -1.77. The van der Waals surface area contributed by atoms with Crippen molar-refractivity contribution >= 4 is 16.8 Å². The quantitative estimate of drug-likeness (QED) is 0.664. The largest absolute Gasteiger partial charge is 0.293 e. The fourth-order valence-electron chi connectivity index (χ4n) is 1.59. The predicted octanol–water partition coefficient (Wildman–Crippen LogP) is 2.45. The van der Waals surface area contributed by atoms with Gasteiger partial charge < -0.3 is 0 Å². The Morgan fingerprint density at radius 3 is 2.53 bits per heavy atom. The number of rotatable bonds is 1. The fourth-order valence-corrected chi connectivity index (χ4v) is 1.59. The van der Waals surface area contributed by atoms with Crippen LogP contribution in [-0.2, 0) is 0 Å². The van der Waals surface area contributed by atoms with Gasteiger partial charge in [-0.1, -0.05) is 6.07 Å². The molecule has 0 atom stereocenters. The molecule has 76 valence electrons. The van der Waals surface area contributed by atoms with Crippen LogP contribution in [0, 0.1) is 13.8 Å². The number of aryl methyl sites for hydroxylation is 2. The van der Waals surface area contributed by atoms with Gasteiger partial charge in [0.05, 0.1) is 16.7 Å². The van der Waals surface area contributed by atoms with Gasteiger partial charge in [-0.3, -0.25) is 4.79 Å². The molecule has 0 saturated heterocycles. The summed E-state index contributed by atoms with van der Waals surface area (Å²) in [4.78, 5) is 20.0. The summed E-state index contributed by atoms with van der Waals surface area (Å²) in [5.74, 6) is -0.0385. The first-order valence-electron chi connectivity index (χ1n) is 4.84. The molecule has 0 amide bonds. The summed E-state index contributed by atoms with van der Waals surface area (Å²) in [6.45, 7) is 5.32. The molecule has 0 spiro atoms. The highest BCUT2D eigenvalue weighted by atomic mass is 16.1. The molecule has 3 nitrogen and oxygen atoms in total. The van der Waals surface area contributed by atoms with E-state index in [4.69, 9.17) is 0 Å². The summed E-state index contributed by atoms with van der Waals surface area (Å²) < 4.78 is 0. The summed E-state index contributed by atoms with van der Waals surface area (Å²) in [5.41, 5.74) is 3.90. The normalized spacial score (nSPS) is 10.6. The van der Waals surface area contributed by atoms with Gasteiger partial charge >= 0.3 is 0 Å². The summed E-state index contributed by atoms with van der Waals surface area (Å²) >= 11 is 0. The zero-order chi connectivity index (χ0) is 11.0. The minimum absolute atomic E-state index is 0.0385. The van der Waals surface area contributed by atoms with Gasteiger partial charge in [0.1, 0.15) is 5.69 Å². The third-order valence-electron chi connectivity index (χ3n) is 2.33. The van der Waals surface area contributed by atoms with Crippen LogP contribution in [0.15, 0.2) is 18.2 Å². The van der Waals surface area contributed by atoms with Gasteiger partial charge in [0.15, 0.2) is 5.78 Å². The lowest BCUT2D eigenvalue weighted by Gasteiger charge is -2.03. The van der Waals surface area contributed by atoms with E-state index in [1.165, 1.54) is 6.92 Å². The Morgan fingerprint density at radius 1 is 1.13 bits per heavy atom. The first-order chi connectivity index (χ1) is 7.08. The van der Waals surface area contributed by atoms with E-state index in [2.05, 4.69) is 9.97 Å². The number of hydrogen-bond acceptors (Lipinski definition) is 3. The Kier molecular flexibility index (Phi) is 2.23. The van der Waals surface area contributed by atoms with Crippen LogP contribution in [0.5, 0.6) is 0 Å². The lowest BCUT2D eigenvalue weighted by atomic mass is 10.2. The fraction of sp³-hybridized carbons (Fsp3) is 0.250. The van der Waals surface area contributed by atoms with Gasteiger partial charge in [0.25, 0.3) is 0 Å². The smallest absolute Gasteiger partial charge is 0.179 e. The Bertz CT molecular complexity index is 547. The second-order valence-corrected chi connectivity index (χ2v) is 3.71. The van der Waals surface area contributed by atoms with E-state index in [1.807, 2.05) is 32.0 Å². The molecule has 0 radical (unpaired) electrons. The van der Waals surface area contributed by atoms with Crippen molar-refractivity contribution in [2.75, 3.05) is 0 Å². The van der Waals surface area contributed by atoms with Crippen molar-refractivity contribution in [3.8, 4) is 0 Å². The minimum atomic E-state index is -0.0385. The maximum atomic E-state index is 11.3. The number of fused-ring (bicyclic) bond motifs is 1. The van der Waals surface area contributed by atoms with Crippen LogP contribution < -0.4 is 0 Å². The summed E-state index contributed by atoms with van der Waals surface area (Å²) in [5, 5.41) is 0. The summed E-state index contributed by atoms with van der Waals surface area (Å²) in [6, 6.07) is 5.85. The topological polar surface area (TPSA) is 42.9 Å². The number of ketones is 1. The van der Waals surface area contributed by atoms with Crippen LogP contribution in [0.3, 0.4) is 0 Å². The molecule has 0 bridgehead atoms. The molecule has 0 aliphatic carbocycles. The van der Waals surface area contributed by atoms with E-state index in [9.17, 15) is 4.79 Å². The van der Waals surface area contributed by atoms with Crippen LogP contribution >= 0.6 is 0 Å². The first-order valence-corrected chi connectivity index (χ1v) is 4.84. The summed E-state index contributed by atoms with van der Waals surface area (Å²) in [6.07, 6.45) is 0. The van der Waals surface area contributed by atoms with Crippen molar-refractivity contribution in [3.63, 3.8) is 0 Å². The molecule has 3 heteroatoms. The van der Waals surface area contributed by atoms with Gasteiger partial charge in [-0.15, -0.1) is 0 Å². The molecule has 0 aliphatic rings. The highest BCUT2D eigenvalue weighted by molar-refractivity contribution is 5.95. The third kappa shape index (κ3) is 1.73. The molecule has 1 heterocycles. The molecule has 1 aromatic heterocycles. The Balaban J connectivity index is 2.77. The standard InChI is InChI=1S/C12H12N2O/c1-7-4-5-10-11(6-7)14-12(9(3)15)8(2)13-10/h4-6H,1-3H3. The van der Waals surface area contributed by atoms with E-state index in [1.54, 1.807) is 0 Å². The molecule has 0 fully saturated rings. The summed E-state index contributed by atoms with van der Waals surface area (Å²) in [7, 11) is 0. The van der Waals surface area contributed by atoms with Crippen LogP contribution in [-0.4, -0.2) is 15.8 Å². The molecule has 0 N–H and O–H groups in total. The molecular formula is C12H12N2O. The molecule has 0 aliphatic heterocycles. The first kappa shape index (κ1) is 9.77. The van der Waals surface area contributed by atoms with Crippen LogP contribution in [0.2, 0.25) is 0 Å². The van der Waals surface area contributed by atoms with Crippen molar-refractivity contribution in [2.24, 2.45) is 0 Å². The highest BCUT2D eigenvalue weighted by Crippen LogP contribution is 2.14. The van der Waals surface area contributed by atoms with Crippen LogP contribution in [0.25, 0.3) is 11.0 Å². The van der Waals surface area contributed by atoms with Gasteiger partial charge in [0, 0.05) is 6.92 Å². The number of carbonyl (C=O) groups excluding carboxylic acids is 1. The number of Topliss-reactive ketones (excluding diaryl/α,β-unsaturated/α-hetero) is 1.